The van der Waals surface area contributed by atoms with Crippen LogP contribution in [0, 0.1) is 5.92 Å². The highest BCUT2D eigenvalue weighted by molar-refractivity contribution is 14.0. The molecule has 5 nitrogen and oxygen atoms in total. The monoisotopic (exact) mass is 535 g/mol. The summed E-state index contributed by atoms with van der Waals surface area (Å²) >= 11 is 3.49. The van der Waals surface area contributed by atoms with Gasteiger partial charge < -0.3 is 15.0 Å². The van der Waals surface area contributed by atoms with Crippen LogP contribution in [0.15, 0.2) is 33.7 Å². The number of nitrogens with zero attached hydrogens (tertiary/aromatic N) is 2. The van der Waals surface area contributed by atoms with E-state index in [-0.39, 0.29) is 35.9 Å². The highest BCUT2D eigenvalue weighted by Gasteiger charge is 2.40. The van der Waals surface area contributed by atoms with Crippen LogP contribution in [-0.4, -0.2) is 49.6 Å². The number of benzene rings is 1. The number of hydrogen-bond acceptors (Lipinski definition) is 3. The molecule has 7 heteroatoms. The van der Waals surface area contributed by atoms with Crippen molar-refractivity contribution in [1.29, 1.82) is 0 Å². The van der Waals surface area contributed by atoms with Gasteiger partial charge in [0.25, 0.3) is 0 Å². The van der Waals surface area contributed by atoms with Crippen molar-refractivity contribution in [2.75, 3.05) is 26.7 Å². The van der Waals surface area contributed by atoms with Gasteiger partial charge in [0, 0.05) is 36.1 Å². The third kappa shape index (κ3) is 5.34. The minimum atomic E-state index is -0.0842. The molecule has 0 bridgehead atoms. The summed E-state index contributed by atoms with van der Waals surface area (Å²) in [4.78, 5) is 18.6. The number of halogens is 2. The molecular formula is C19H27BrIN3O2. The lowest BCUT2D eigenvalue weighted by atomic mass is 9.97. The minimum Gasteiger partial charge on any atom is -0.469 e. The first kappa shape index (κ1) is 21.5. The lowest BCUT2D eigenvalue weighted by Gasteiger charge is -2.33. The lowest BCUT2D eigenvalue weighted by Crippen LogP contribution is -2.47. The molecule has 144 valence electrons. The number of guanidine groups is 1. The van der Waals surface area contributed by atoms with Crippen LogP contribution in [0.25, 0.3) is 0 Å². The molecule has 1 aromatic rings. The maximum atomic E-state index is 11.7. The second-order valence-electron chi connectivity index (χ2n) is 6.73. The zero-order chi connectivity index (χ0) is 17.8. The molecule has 0 amide bonds. The Morgan fingerprint density at radius 1 is 1.31 bits per heavy atom. The van der Waals surface area contributed by atoms with Crippen LogP contribution in [0.3, 0.4) is 0 Å². The van der Waals surface area contributed by atoms with Crippen molar-refractivity contribution in [3.05, 3.63) is 34.3 Å². The molecule has 1 aliphatic carbocycles. The number of carbonyl (C=O) groups is 1. The van der Waals surface area contributed by atoms with Gasteiger partial charge >= 0.3 is 5.97 Å². The standard InChI is InChI=1S/C19H26BrN3O2.HI/c1-3-21-19(23-10-8-14(9-11-23)18(24)25-2)22-17-12-16(17)13-4-6-15(20)7-5-13;/h4-7,14,16-17H,3,8-12H2,1-2H3,(H,21,22);1H. The second-order valence-corrected chi connectivity index (χ2v) is 7.64. The molecule has 0 radical (unpaired) electrons. The van der Waals surface area contributed by atoms with Crippen molar-refractivity contribution in [2.24, 2.45) is 10.9 Å². The number of hydrogen-bond donors (Lipinski definition) is 1. The Kier molecular flexibility index (Phi) is 8.19. The SMILES string of the molecule is CCN=C(NC1CC1c1ccc(Br)cc1)N1CCC(C(=O)OC)CC1.I. The molecule has 2 atom stereocenters. The number of aliphatic imine (C=N–C) groups is 1. The van der Waals surface area contributed by atoms with E-state index >= 15 is 0 Å². The van der Waals surface area contributed by atoms with E-state index in [0.717, 1.165) is 49.3 Å². The van der Waals surface area contributed by atoms with Crippen LogP contribution < -0.4 is 5.32 Å². The largest absolute Gasteiger partial charge is 0.469 e. The Balaban J connectivity index is 0.00000243. The molecule has 3 rings (SSSR count). The number of ether oxygens (including phenoxy) is 1. The predicted octanol–water partition coefficient (Wildman–Crippen LogP) is 3.77. The number of carbonyl (C=O) groups excluding carboxylic acids is 1. The van der Waals surface area contributed by atoms with Crippen molar-refractivity contribution in [3.8, 4) is 0 Å². The Morgan fingerprint density at radius 2 is 1.96 bits per heavy atom. The van der Waals surface area contributed by atoms with Crippen molar-refractivity contribution in [3.63, 3.8) is 0 Å². The summed E-state index contributed by atoms with van der Waals surface area (Å²) in [6.45, 7) is 4.51. The first-order valence-electron chi connectivity index (χ1n) is 9.01. The first-order valence-corrected chi connectivity index (χ1v) is 9.81. The van der Waals surface area contributed by atoms with E-state index in [4.69, 9.17) is 4.74 Å². The quantitative estimate of drug-likeness (QED) is 0.276. The highest BCUT2D eigenvalue weighted by atomic mass is 127. The molecule has 2 unspecified atom stereocenters. The van der Waals surface area contributed by atoms with Gasteiger partial charge in [-0.2, -0.15) is 0 Å². The zero-order valence-corrected chi connectivity index (χ0v) is 19.2. The van der Waals surface area contributed by atoms with Gasteiger partial charge in [-0.15, -0.1) is 24.0 Å². The third-order valence-electron chi connectivity index (χ3n) is 5.04. The smallest absolute Gasteiger partial charge is 0.308 e. The van der Waals surface area contributed by atoms with Gasteiger partial charge in [-0.25, -0.2) is 0 Å². The third-order valence-corrected chi connectivity index (χ3v) is 5.57. The fourth-order valence-electron chi connectivity index (χ4n) is 3.48. The second kappa shape index (κ2) is 9.92. The summed E-state index contributed by atoms with van der Waals surface area (Å²) in [5.41, 5.74) is 1.38. The maximum absolute atomic E-state index is 11.7. The van der Waals surface area contributed by atoms with Gasteiger partial charge in [-0.1, -0.05) is 28.1 Å². The average molecular weight is 536 g/mol. The van der Waals surface area contributed by atoms with Crippen molar-refractivity contribution in [1.82, 2.24) is 10.2 Å². The normalized spacial score (nSPS) is 23.2. The number of likely N-dealkylation sites (tertiary alicyclic amines) is 1. The first-order chi connectivity index (χ1) is 12.1. The highest BCUT2D eigenvalue weighted by Crippen LogP contribution is 2.41. The summed E-state index contributed by atoms with van der Waals surface area (Å²) in [6.07, 6.45) is 2.80. The van der Waals surface area contributed by atoms with Crippen LogP contribution >= 0.6 is 39.9 Å². The van der Waals surface area contributed by atoms with E-state index in [1.54, 1.807) is 0 Å². The number of esters is 1. The fourth-order valence-corrected chi connectivity index (χ4v) is 3.74. The molecule has 1 N–H and O–H groups in total. The molecule has 1 aromatic carbocycles. The van der Waals surface area contributed by atoms with Crippen molar-refractivity contribution < 1.29 is 9.53 Å². The zero-order valence-electron chi connectivity index (χ0n) is 15.3. The topological polar surface area (TPSA) is 53.9 Å². The molecular weight excluding hydrogens is 509 g/mol. The van der Waals surface area contributed by atoms with Gasteiger partial charge in [-0.05, 0) is 43.9 Å². The van der Waals surface area contributed by atoms with Crippen LogP contribution in [0.5, 0.6) is 0 Å². The van der Waals surface area contributed by atoms with Crippen LogP contribution in [0.1, 0.15) is 37.7 Å². The summed E-state index contributed by atoms with van der Waals surface area (Å²) in [6, 6.07) is 9.03. The summed E-state index contributed by atoms with van der Waals surface area (Å²) in [5, 5.41) is 3.63. The van der Waals surface area contributed by atoms with Gasteiger partial charge in [0.05, 0.1) is 13.0 Å². The van der Waals surface area contributed by atoms with Crippen molar-refractivity contribution >= 4 is 51.8 Å². The van der Waals surface area contributed by atoms with E-state index in [1.165, 1.54) is 12.7 Å². The molecule has 0 spiro atoms. The molecule has 0 aromatic heterocycles. The van der Waals surface area contributed by atoms with E-state index in [2.05, 4.69) is 62.3 Å². The number of rotatable bonds is 4. The van der Waals surface area contributed by atoms with E-state index in [9.17, 15) is 4.79 Å². The van der Waals surface area contributed by atoms with E-state index in [1.807, 2.05) is 0 Å². The average Bonchev–Trinajstić information content (AvgIpc) is 3.40. The summed E-state index contributed by atoms with van der Waals surface area (Å²) in [7, 11) is 1.47. The molecule has 1 aliphatic heterocycles. The number of nitrogens with one attached hydrogen (secondary N) is 1. The van der Waals surface area contributed by atoms with Gasteiger partial charge in [0.2, 0.25) is 0 Å². The molecule has 26 heavy (non-hydrogen) atoms. The Hall–Kier alpha value is -0.830. The molecule has 2 aliphatic rings. The van der Waals surface area contributed by atoms with Gasteiger partial charge in [0.1, 0.15) is 0 Å². The molecule has 1 heterocycles. The summed E-state index contributed by atoms with van der Waals surface area (Å²) < 4.78 is 5.99. The minimum absolute atomic E-state index is 0. The predicted molar refractivity (Wildman–Crippen MR) is 118 cm³/mol. The van der Waals surface area contributed by atoms with Crippen LogP contribution in [-0.2, 0) is 9.53 Å². The maximum Gasteiger partial charge on any atom is 0.308 e. The molecule has 1 saturated carbocycles. The van der Waals surface area contributed by atoms with E-state index < -0.39 is 0 Å². The fraction of sp³-hybridized carbons (Fsp3) is 0.579. The molecule has 1 saturated heterocycles. The number of methoxy groups -OCH3 is 1. The van der Waals surface area contributed by atoms with Crippen LogP contribution in [0.2, 0.25) is 0 Å². The molecule has 2 fully saturated rings. The van der Waals surface area contributed by atoms with Crippen molar-refractivity contribution in [2.45, 2.75) is 38.1 Å². The van der Waals surface area contributed by atoms with Gasteiger partial charge in [-0.3, -0.25) is 9.79 Å². The van der Waals surface area contributed by atoms with Crippen LogP contribution in [0.4, 0.5) is 0 Å². The van der Waals surface area contributed by atoms with Gasteiger partial charge in [0.15, 0.2) is 5.96 Å². The summed E-state index contributed by atoms with van der Waals surface area (Å²) in [5.74, 6) is 1.48. The Morgan fingerprint density at radius 3 is 2.54 bits per heavy atom. The lowest BCUT2D eigenvalue weighted by molar-refractivity contribution is -0.146. The Labute approximate surface area is 181 Å². The van der Waals surface area contributed by atoms with E-state index in [0.29, 0.717) is 12.0 Å². The Bertz CT molecular complexity index is 630. The number of piperidine rings is 1.